The lowest BCUT2D eigenvalue weighted by Gasteiger charge is -2.09. The van der Waals surface area contributed by atoms with E-state index in [9.17, 15) is 0 Å². The van der Waals surface area contributed by atoms with Gasteiger partial charge in [0.2, 0.25) is 0 Å². The third-order valence-electron chi connectivity index (χ3n) is 2.52. The number of aryl methyl sites for hydroxylation is 1. The van der Waals surface area contributed by atoms with Gasteiger partial charge in [-0.25, -0.2) is 9.97 Å². The van der Waals surface area contributed by atoms with E-state index < -0.39 is 0 Å². The predicted molar refractivity (Wildman–Crippen MR) is 84.0 cm³/mol. The molecule has 4 nitrogen and oxygen atoms in total. The molecule has 0 unspecified atom stereocenters. The molecule has 106 valence electrons. The van der Waals surface area contributed by atoms with Crippen molar-refractivity contribution in [3.63, 3.8) is 0 Å². The van der Waals surface area contributed by atoms with E-state index in [1.807, 2.05) is 37.4 Å². The molecule has 0 aliphatic heterocycles. The van der Waals surface area contributed by atoms with Crippen LogP contribution in [0.1, 0.15) is 5.56 Å². The summed E-state index contributed by atoms with van der Waals surface area (Å²) in [6.07, 6.45) is 1.91. The van der Waals surface area contributed by atoms with E-state index >= 15 is 0 Å². The van der Waals surface area contributed by atoms with E-state index in [0.29, 0.717) is 29.3 Å². The number of ether oxygens (including phenoxy) is 1. The van der Waals surface area contributed by atoms with Crippen molar-refractivity contribution in [2.24, 2.45) is 0 Å². The van der Waals surface area contributed by atoms with Gasteiger partial charge in [-0.3, -0.25) is 0 Å². The van der Waals surface area contributed by atoms with Crippen LogP contribution in [0, 0.1) is 6.92 Å². The number of hydrogen-bond acceptors (Lipinski definition) is 5. The number of benzene rings is 1. The van der Waals surface area contributed by atoms with E-state index in [0.717, 1.165) is 5.75 Å². The highest BCUT2D eigenvalue weighted by molar-refractivity contribution is 7.98. The maximum Gasteiger partial charge on any atom is 0.190 e. The second kappa shape index (κ2) is 7.36. The molecule has 0 radical (unpaired) electrons. The number of thioether (sulfide) groups is 1. The van der Waals surface area contributed by atoms with Crippen LogP contribution in [0.2, 0.25) is 5.15 Å². The highest BCUT2D eigenvalue weighted by atomic mass is 35.5. The van der Waals surface area contributed by atoms with Crippen molar-refractivity contribution in [2.45, 2.75) is 12.1 Å². The van der Waals surface area contributed by atoms with Crippen LogP contribution in [0.25, 0.3) is 0 Å². The first-order chi connectivity index (χ1) is 9.67. The molecule has 1 aromatic heterocycles. The van der Waals surface area contributed by atoms with Crippen LogP contribution in [0.4, 0.5) is 5.82 Å². The Morgan fingerprint density at radius 3 is 2.90 bits per heavy atom. The maximum absolute atomic E-state index is 5.92. The van der Waals surface area contributed by atoms with Crippen molar-refractivity contribution < 1.29 is 4.74 Å². The summed E-state index contributed by atoms with van der Waals surface area (Å²) >= 11 is 7.38. The second-order valence-corrected chi connectivity index (χ2v) is 5.31. The van der Waals surface area contributed by atoms with Crippen LogP contribution in [0.15, 0.2) is 35.5 Å². The van der Waals surface area contributed by atoms with Crippen LogP contribution in [0.5, 0.6) is 5.75 Å². The number of halogens is 1. The number of rotatable bonds is 6. The molecule has 20 heavy (non-hydrogen) atoms. The second-order valence-electron chi connectivity index (χ2n) is 4.15. The summed E-state index contributed by atoms with van der Waals surface area (Å²) < 4.78 is 5.65. The van der Waals surface area contributed by atoms with Crippen LogP contribution in [-0.2, 0) is 0 Å². The lowest BCUT2D eigenvalue weighted by Crippen LogP contribution is -2.12. The Balaban J connectivity index is 1.82. The molecule has 0 amide bonds. The van der Waals surface area contributed by atoms with E-state index in [1.165, 1.54) is 17.3 Å². The Morgan fingerprint density at radius 2 is 2.15 bits per heavy atom. The zero-order chi connectivity index (χ0) is 14.4. The van der Waals surface area contributed by atoms with Crippen LogP contribution >= 0.6 is 23.4 Å². The molecular weight excluding hydrogens is 294 g/mol. The van der Waals surface area contributed by atoms with Crippen molar-refractivity contribution in [1.82, 2.24) is 9.97 Å². The van der Waals surface area contributed by atoms with Crippen LogP contribution in [-0.4, -0.2) is 29.4 Å². The molecule has 1 heterocycles. The van der Waals surface area contributed by atoms with Crippen LogP contribution < -0.4 is 10.1 Å². The van der Waals surface area contributed by atoms with Gasteiger partial charge in [-0.15, -0.1) is 0 Å². The van der Waals surface area contributed by atoms with E-state index in [2.05, 4.69) is 15.3 Å². The normalized spacial score (nSPS) is 10.3. The van der Waals surface area contributed by atoms with Gasteiger partial charge in [-0.05, 0) is 30.9 Å². The lowest BCUT2D eigenvalue weighted by molar-refractivity contribution is 0.332. The van der Waals surface area contributed by atoms with E-state index in [4.69, 9.17) is 16.3 Å². The third kappa shape index (κ3) is 4.58. The molecule has 0 aliphatic carbocycles. The van der Waals surface area contributed by atoms with Gasteiger partial charge in [0.25, 0.3) is 0 Å². The quantitative estimate of drug-likeness (QED) is 0.382. The summed E-state index contributed by atoms with van der Waals surface area (Å²) in [5.74, 6) is 1.58. The molecule has 1 N–H and O–H groups in total. The fraction of sp³-hybridized carbons (Fsp3) is 0.286. The van der Waals surface area contributed by atoms with Crippen molar-refractivity contribution in [2.75, 3.05) is 24.7 Å². The molecule has 0 fully saturated rings. The molecule has 2 aromatic rings. The number of nitrogens with one attached hydrogen (secondary N) is 1. The van der Waals surface area contributed by atoms with Crippen molar-refractivity contribution >= 4 is 29.2 Å². The average Bonchev–Trinajstić information content (AvgIpc) is 2.43. The molecule has 0 aliphatic rings. The predicted octanol–water partition coefficient (Wildman–Crippen LogP) is 3.65. The average molecular weight is 310 g/mol. The van der Waals surface area contributed by atoms with Gasteiger partial charge in [-0.1, -0.05) is 35.5 Å². The number of nitrogens with zero attached hydrogens (tertiary/aromatic N) is 2. The largest absolute Gasteiger partial charge is 0.492 e. The van der Waals surface area contributed by atoms with Crippen molar-refractivity contribution in [1.29, 1.82) is 0 Å². The molecule has 1 aromatic carbocycles. The van der Waals surface area contributed by atoms with Gasteiger partial charge in [-0.2, -0.15) is 0 Å². The molecular formula is C14H16ClN3OS. The number of aromatic nitrogens is 2. The van der Waals surface area contributed by atoms with Crippen molar-refractivity contribution in [3.8, 4) is 5.75 Å². The molecule has 0 atom stereocenters. The zero-order valence-corrected chi connectivity index (χ0v) is 13.0. The van der Waals surface area contributed by atoms with Gasteiger partial charge < -0.3 is 10.1 Å². The molecule has 0 bridgehead atoms. The fourth-order valence-corrected chi connectivity index (χ4v) is 2.24. The highest BCUT2D eigenvalue weighted by Gasteiger charge is 2.02. The highest BCUT2D eigenvalue weighted by Crippen LogP contribution is 2.17. The fourth-order valence-electron chi connectivity index (χ4n) is 1.63. The van der Waals surface area contributed by atoms with Gasteiger partial charge in [0.15, 0.2) is 5.16 Å². The Kier molecular flexibility index (Phi) is 5.49. The number of anilines is 1. The first-order valence-electron chi connectivity index (χ1n) is 6.19. The van der Waals surface area contributed by atoms with E-state index in [1.54, 1.807) is 6.07 Å². The lowest BCUT2D eigenvalue weighted by atomic mass is 10.2. The first kappa shape index (κ1) is 14.9. The van der Waals surface area contributed by atoms with Gasteiger partial charge in [0.1, 0.15) is 23.3 Å². The zero-order valence-electron chi connectivity index (χ0n) is 11.4. The van der Waals surface area contributed by atoms with Crippen molar-refractivity contribution in [3.05, 3.63) is 41.0 Å². The topological polar surface area (TPSA) is 47.0 Å². The Morgan fingerprint density at radius 1 is 1.30 bits per heavy atom. The minimum absolute atomic E-state index is 0.437. The van der Waals surface area contributed by atoms with Gasteiger partial charge >= 0.3 is 0 Å². The minimum atomic E-state index is 0.437. The Hall–Kier alpha value is -1.46. The molecule has 0 spiro atoms. The Labute approximate surface area is 127 Å². The summed E-state index contributed by atoms with van der Waals surface area (Å²) in [5.41, 5.74) is 1.18. The van der Waals surface area contributed by atoms with Gasteiger partial charge in [0.05, 0.1) is 6.54 Å². The molecule has 0 saturated heterocycles. The maximum atomic E-state index is 5.92. The third-order valence-corrected chi connectivity index (χ3v) is 3.26. The van der Waals surface area contributed by atoms with E-state index in [-0.39, 0.29) is 0 Å². The van der Waals surface area contributed by atoms with Gasteiger partial charge in [0, 0.05) is 6.07 Å². The Bertz CT molecular complexity index is 580. The molecule has 6 heteroatoms. The molecule has 2 rings (SSSR count). The summed E-state index contributed by atoms with van der Waals surface area (Å²) in [6.45, 7) is 3.24. The standard InChI is InChI=1S/C14H16ClN3OS/c1-10-4-3-5-11(8-10)19-7-6-16-13-9-12(15)17-14(18-13)20-2/h3-5,8-9H,6-7H2,1-2H3,(H,16,17,18). The summed E-state index contributed by atoms with van der Waals surface area (Å²) in [6, 6.07) is 9.67. The smallest absolute Gasteiger partial charge is 0.190 e. The summed E-state index contributed by atoms with van der Waals surface area (Å²) in [5, 5.41) is 4.26. The van der Waals surface area contributed by atoms with Crippen LogP contribution in [0.3, 0.4) is 0 Å². The summed E-state index contributed by atoms with van der Waals surface area (Å²) in [7, 11) is 0. The molecule has 0 saturated carbocycles. The monoisotopic (exact) mass is 309 g/mol. The first-order valence-corrected chi connectivity index (χ1v) is 7.79. The SMILES string of the molecule is CSc1nc(Cl)cc(NCCOc2cccc(C)c2)n1. The number of hydrogen-bond donors (Lipinski definition) is 1. The minimum Gasteiger partial charge on any atom is -0.492 e. The summed E-state index contributed by atoms with van der Waals surface area (Å²) in [4.78, 5) is 8.40.